The monoisotopic (exact) mass is 339 g/mol. The van der Waals surface area contributed by atoms with Crippen molar-refractivity contribution in [2.24, 2.45) is 4.99 Å². The number of rotatable bonds is 6. The number of fused-ring (bicyclic) bond motifs is 1. The second-order valence-electron chi connectivity index (χ2n) is 5.12. The third-order valence-corrected chi connectivity index (χ3v) is 3.33. The van der Waals surface area contributed by atoms with Gasteiger partial charge in [-0.15, -0.1) is 0 Å². The lowest BCUT2D eigenvalue weighted by Crippen LogP contribution is -2.40. The first kappa shape index (κ1) is 17.9. The summed E-state index contributed by atoms with van der Waals surface area (Å²) in [6.45, 7) is 0.580. The quantitative estimate of drug-likeness (QED) is 0.482. The van der Waals surface area contributed by atoms with E-state index in [0.29, 0.717) is 19.1 Å². The van der Waals surface area contributed by atoms with E-state index in [1.54, 1.807) is 0 Å². The molecule has 24 heavy (non-hydrogen) atoms. The van der Waals surface area contributed by atoms with Gasteiger partial charge in [0.05, 0.1) is 13.0 Å². The first-order chi connectivity index (χ1) is 11.5. The summed E-state index contributed by atoms with van der Waals surface area (Å²) >= 11 is 0. The van der Waals surface area contributed by atoms with Crippen LogP contribution in [0.1, 0.15) is 6.42 Å². The zero-order valence-electron chi connectivity index (χ0n) is 13.4. The molecule has 0 aliphatic rings. The molecule has 2 rings (SSSR count). The molecule has 130 valence electrons. The fourth-order valence-corrected chi connectivity index (χ4v) is 2.20. The molecule has 0 atom stereocenters. The Morgan fingerprint density at radius 2 is 1.75 bits per heavy atom. The van der Waals surface area contributed by atoms with Crippen molar-refractivity contribution < 1.29 is 17.9 Å². The number of ether oxygens (including phenoxy) is 1. The molecule has 0 saturated heterocycles. The SMILES string of the molecule is CN=C(NCCOc1cccc2ccccc12)NCCC(F)(F)F. The van der Waals surface area contributed by atoms with E-state index < -0.39 is 12.6 Å². The van der Waals surface area contributed by atoms with Gasteiger partial charge in [-0.05, 0) is 11.5 Å². The normalized spacial score (nSPS) is 12.2. The van der Waals surface area contributed by atoms with Crippen molar-refractivity contribution in [3.8, 4) is 5.75 Å². The summed E-state index contributed by atoms with van der Waals surface area (Å²) in [5.74, 6) is 1.09. The molecule has 0 radical (unpaired) electrons. The maximum atomic E-state index is 12.1. The molecule has 4 nitrogen and oxygen atoms in total. The van der Waals surface area contributed by atoms with E-state index in [0.717, 1.165) is 16.5 Å². The van der Waals surface area contributed by atoms with Gasteiger partial charge in [-0.1, -0.05) is 36.4 Å². The Labute approximate surface area is 138 Å². The highest BCUT2D eigenvalue weighted by Gasteiger charge is 2.26. The molecule has 0 bridgehead atoms. The van der Waals surface area contributed by atoms with Crippen LogP contribution in [0.5, 0.6) is 5.75 Å². The van der Waals surface area contributed by atoms with Crippen molar-refractivity contribution >= 4 is 16.7 Å². The van der Waals surface area contributed by atoms with Crippen molar-refractivity contribution in [1.29, 1.82) is 0 Å². The number of nitrogens with zero attached hydrogens (tertiary/aromatic N) is 1. The van der Waals surface area contributed by atoms with E-state index in [-0.39, 0.29) is 6.54 Å². The zero-order valence-corrected chi connectivity index (χ0v) is 13.4. The molecule has 0 aromatic heterocycles. The van der Waals surface area contributed by atoms with Crippen LogP contribution in [0.15, 0.2) is 47.5 Å². The molecule has 7 heteroatoms. The van der Waals surface area contributed by atoms with Crippen LogP contribution in [0.3, 0.4) is 0 Å². The van der Waals surface area contributed by atoms with Crippen LogP contribution < -0.4 is 15.4 Å². The third-order valence-electron chi connectivity index (χ3n) is 3.33. The highest BCUT2D eigenvalue weighted by atomic mass is 19.4. The Kier molecular flexibility index (Phi) is 6.28. The average molecular weight is 339 g/mol. The highest BCUT2D eigenvalue weighted by Crippen LogP contribution is 2.24. The number of benzene rings is 2. The van der Waals surface area contributed by atoms with E-state index in [2.05, 4.69) is 15.6 Å². The maximum absolute atomic E-state index is 12.1. The topological polar surface area (TPSA) is 45.7 Å². The van der Waals surface area contributed by atoms with Crippen LogP contribution in [-0.4, -0.2) is 38.9 Å². The lowest BCUT2D eigenvalue weighted by Gasteiger charge is -2.14. The number of hydrogen-bond acceptors (Lipinski definition) is 2. The average Bonchev–Trinajstić information content (AvgIpc) is 2.56. The summed E-state index contributed by atoms with van der Waals surface area (Å²) in [6.07, 6.45) is -5.08. The van der Waals surface area contributed by atoms with Crippen LogP contribution in [0, 0.1) is 0 Å². The summed E-state index contributed by atoms with van der Waals surface area (Å²) in [4.78, 5) is 3.87. The van der Waals surface area contributed by atoms with Gasteiger partial charge in [-0.2, -0.15) is 13.2 Å². The first-order valence-electron chi connectivity index (χ1n) is 7.61. The molecule has 0 fully saturated rings. The molecule has 0 saturated carbocycles. The van der Waals surface area contributed by atoms with Crippen LogP contribution >= 0.6 is 0 Å². The van der Waals surface area contributed by atoms with Crippen molar-refractivity contribution in [2.75, 3.05) is 26.7 Å². The number of hydrogen-bond donors (Lipinski definition) is 2. The molecule has 0 heterocycles. The van der Waals surface area contributed by atoms with E-state index in [4.69, 9.17) is 4.74 Å². The van der Waals surface area contributed by atoms with Crippen LogP contribution in [0.25, 0.3) is 10.8 Å². The standard InChI is InChI=1S/C17H20F3N3O/c1-21-16(22-10-9-17(18,19)20)23-11-12-24-15-8-4-6-13-5-2-3-7-14(13)15/h2-8H,9-12H2,1H3,(H2,21,22,23). The lowest BCUT2D eigenvalue weighted by atomic mass is 10.1. The van der Waals surface area contributed by atoms with Crippen LogP contribution in [-0.2, 0) is 0 Å². The largest absolute Gasteiger partial charge is 0.491 e. The van der Waals surface area contributed by atoms with Gasteiger partial charge < -0.3 is 15.4 Å². The second-order valence-corrected chi connectivity index (χ2v) is 5.12. The van der Waals surface area contributed by atoms with Crippen molar-refractivity contribution in [3.63, 3.8) is 0 Å². The molecule has 2 N–H and O–H groups in total. The van der Waals surface area contributed by atoms with Gasteiger partial charge in [-0.25, -0.2) is 0 Å². The maximum Gasteiger partial charge on any atom is 0.390 e. The highest BCUT2D eigenvalue weighted by molar-refractivity contribution is 5.88. The predicted molar refractivity (Wildman–Crippen MR) is 89.5 cm³/mol. The van der Waals surface area contributed by atoms with Crippen molar-refractivity contribution in [2.45, 2.75) is 12.6 Å². The van der Waals surface area contributed by atoms with Gasteiger partial charge in [-0.3, -0.25) is 4.99 Å². The summed E-state index contributed by atoms with van der Waals surface area (Å²) in [6, 6.07) is 13.7. The van der Waals surface area contributed by atoms with Gasteiger partial charge >= 0.3 is 6.18 Å². The van der Waals surface area contributed by atoms with E-state index in [9.17, 15) is 13.2 Å². The fourth-order valence-electron chi connectivity index (χ4n) is 2.20. The lowest BCUT2D eigenvalue weighted by molar-refractivity contribution is -0.132. The number of aliphatic imine (C=N–C) groups is 1. The van der Waals surface area contributed by atoms with Gasteiger partial charge in [0.1, 0.15) is 12.4 Å². The predicted octanol–water partition coefficient (Wildman–Crippen LogP) is 3.34. The zero-order chi connectivity index (χ0) is 17.4. The van der Waals surface area contributed by atoms with Crippen LogP contribution in [0.2, 0.25) is 0 Å². The number of guanidine groups is 1. The third kappa shape index (κ3) is 5.64. The minimum atomic E-state index is -4.18. The Morgan fingerprint density at radius 3 is 2.50 bits per heavy atom. The fraction of sp³-hybridized carbons (Fsp3) is 0.353. The molecule has 0 aliphatic carbocycles. The molecule has 0 aliphatic heterocycles. The van der Waals surface area contributed by atoms with Gasteiger partial charge in [0.25, 0.3) is 0 Å². The Bertz CT molecular complexity index is 681. The Balaban J connectivity index is 1.77. The molecule has 2 aromatic rings. The molecular formula is C17H20F3N3O. The van der Waals surface area contributed by atoms with E-state index in [1.807, 2.05) is 42.5 Å². The molecule has 0 spiro atoms. The van der Waals surface area contributed by atoms with Gasteiger partial charge in [0.15, 0.2) is 5.96 Å². The minimum Gasteiger partial charge on any atom is -0.491 e. The molecular weight excluding hydrogens is 319 g/mol. The second kappa shape index (κ2) is 8.42. The number of halogens is 3. The van der Waals surface area contributed by atoms with Crippen molar-refractivity contribution in [3.05, 3.63) is 42.5 Å². The molecule has 0 unspecified atom stereocenters. The van der Waals surface area contributed by atoms with E-state index >= 15 is 0 Å². The smallest absolute Gasteiger partial charge is 0.390 e. The summed E-state index contributed by atoms with van der Waals surface area (Å²) in [7, 11) is 1.51. The van der Waals surface area contributed by atoms with E-state index in [1.165, 1.54) is 7.05 Å². The summed E-state index contributed by atoms with van der Waals surface area (Å²) < 4.78 is 42.1. The van der Waals surface area contributed by atoms with Gasteiger partial charge in [0, 0.05) is 19.0 Å². The summed E-state index contributed by atoms with van der Waals surface area (Å²) in [5, 5.41) is 7.65. The Morgan fingerprint density at radius 1 is 1.04 bits per heavy atom. The number of alkyl halides is 3. The molecule has 0 amide bonds. The van der Waals surface area contributed by atoms with Crippen LogP contribution in [0.4, 0.5) is 13.2 Å². The van der Waals surface area contributed by atoms with Gasteiger partial charge in [0.2, 0.25) is 0 Å². The Hall–Kier alpha value is -2.44. The minimum absolute atomic E-state index is 0.215. The summed E-state index contributed by atoms with van der Waals surface area (Å²) in [5.41, 5.74) is 0. The molecule has 2 aromatic carbocycles. The number of nitrogens with one attached hydrogen (secondary N) is 2. The van der Waals surface area contributed by atoms with Crippen molar-refractivity contribution in [1.82, 2.24) is 10.6 Å². The first-order valence-corrected chi connectivity index (χ1v) is 7.61.